The van der Waals surface area contributed by atoms with Gasteiger partial charge in [-0.1, -0.05) is 140 Å². The van der Waals surface area contributed by atoms with E-state index < -0.39 is 0 Å². The highest BCUT2D eigenvalue weighted by atomic mass is 15.0. The Balaban J connectivity index is 1.16. The quantitative estimate of drug-likeness (QED) is 0.178. The first-order chi connectivity index (χ1) is 24.8. The SMILES string of the molecule is c1ccc(-c2ccc(-c3ccc(-n4c5ccccc5c5cc6c7cc(-c8ccccc8)ccc7n(-c7ccccc7)c6cc54)cc3)cc2)cc1. The molecule has 2 nitrogen and oxygen atoms in total. The highest BCUT2D eigenvalue weighted by molar-refractivity contribution is 6.19. The molecule has 0 bridgehead atoms. The van der Waals surface area contributed by atoms with Gasteiger partial charge in [-0.3, -0.25) is 0 Å². The standard InChI is InChI=1S/C48H32N2/c1-4-12-33(13-5-1)35-20-22-36(23-21-35)37-24-27-40(28-25-37)50-45-19-11-10-18-41(45)43-31-44-42-30-38(34-14-6-2-7-15-34)26-29-46(42)49(48(44)32-47(43)50)39-16-8-3-9-17-39/h1-32H. The summed E-state index contributed by atoms with van der Waals surface area (Å²) in [7, 11) is 0. The van der Waals surface area contributed by atoms with Crippen molar-refractivity contribution >= 4 is 43.6 Å². The zero-order chi connectivity index (χ0) is 33.0. The second kappa shape index (κ2) is 11.5. The molecule has 234 valence electrons. The lowest BCUT2D eigenvalue weighted by Crippen LogP contribution is -1.96. The second-order valence-electron chi connectivity index (χ2n) is 13.0. The van der Waals surface area contributed by atoms with Crippen LogP contribution in [0.2, 0.25) is 0 Å². The summed E-state index contributed by atoms with van der Waals surface area (Å²) in [6.07, 6.45) is 0. The van der Waals surface area contributed by atoms with Crippen molar-refractivity contribution in [2.45, 2.75) is 0 Å². The Kier molecular flexibility index (Phi) is 6.53. The van der Waals surface area contributed by atoms with Crippen LogP contribution in [0.3, 0.4) is 0 Å². The van der Waals surface area contributed by atoms with Gasteiger partial charge < -0.3 is 9.13 Å². The third kappa shape index (κ3) is 4.57. The lowest BCUT2D eigenvalue weighted by molar-refractivity contribution is 1.16. The van der Waals surface area contributed by atoms with Crippen LogP contribution in [0.25, 0.3) is 88.4 Å². The zero-order valence-electron chi connectivity index (χ0n) is 27.4. The lowest BCUT2D eigenvalue weighted by Gasteiger charge is -2.11. The van der Waals surface area contributed by atoms with Gasteiger partial charge in [0.05, 0.1) is 22.1 Å². The van der Waals surface area contributed by atoms with E-state index in [1.807, 2.05) is 0 Å². The van der Waals surface area contributed by atoms with Gasteiger partial charge in [-0.2, -0.15) is 0 Å². The van der Waals surface area contributed by atoms with E-state index in [0.717, 1.165) is 11.4 Å². The summed E-state index contributed by atoms with van der Waals surface area (Å²) in [4.78, 5) is 0. The number of para-hydroxylation sites is 2. The minimum absolute atomic E-state index is 1.15. The van der Waals surface area contributed by atoms with E-state index >= 15 is 0 Å². The summed E-state index contributed by atoms with van der Waals surface area (Å²) in [5, 5.41) is 5.02. The van der Waals surface area contributed by atoms with Crippen LogP contribution in [0.5, 0.6) is 0 Å². The molecule has 10 rings (SSSR count). The first kappa shape index (κ1) is 28.4. The molecule has 8 aromatic carbocycles. The van der Waals surface area contributed by atoms with E-state index in [-0.39, 0.29) is 0 Å². The molecule has 0 atom stereocenters. The molecule has 0 aliphatic carbocycles. The highest BCUT2D eigenvalue weighted by Gasteiger charge is 2.19. The molecule has 2 aromatic heterocycles. The van der Waals surface area contributed by atoms with Gasteiger partial charge in [-0.05, 0) is 88.0 Å². The van der Waals surface area contributed by atoms with Gasteiger partial charge >= 0.3 is 0 Å². The largest absolute Gasteiger partial charge is 0.309 e. The van der Waals surface area contributed by atoms with Crippen LogP contribution in [-0.4, -0.2) is 9.13 Å². The monoisotopic (exact) mass is 636 g/mol. The normalized spacial score (nSPS) is 11.6. The first-order valence-electron chi connectivity index (χ1n) is 17.2. The molecular weight excluding hydrogens is 605 g/mol. The van der Waals surface area contributed by atoms with E-state index in [1.54, 1.807) is 0 Å². The Labute approximate surface area is 290 Å². The second-order valence-corrected chi connectivity index (χ2v) is 13.0. The lowest BCUT2D eigenvalue weighted by atomic mass is 10.0. The molecule has 0 radical (unpaired) electrons. The van der Waals surface area contributed by atoms with Gasteiger partial charge in [0.25, 0.3) is 0 Å². The van der Waals surface area contributed by atoms with Gasteiger partial charge in [0.15, 0.2) is 0 Å². The van der Waals surface area contributed by atoms with Crippen LogP contribution in [0.4, 0.5) is 0 Å². The van der Waals surface area contributed by atoms with Gasteiger partial charge in [0.1, 0.15) is 0 Å². The van der Waals surface area contributed by atoms with Crippen LogP contribution in [0, 0.1) is 0 Å². The molecule has 0 unspecified atom stereocenters. The van der Waals surface area contributed by atoms with Gasteiger partial charge in [0, 0.05) is 32.9 Å². The molecule has 2 heterocycles. The van der Waals surface area contributed by atoms with Crippen molar-refractivity contribution < 1.29 is 0 Å². The molecule has 2 heteroatoms. The first-order valence-corrected chi connectivity index (χ1v) is 17.2. The summed E-state index contributed by atoms with van der Waals surface area (Å²) in [5.74, 6) is 0. The van der Waals surface area contributed by atoms with Crippen LogP contribution < -0.4 is 0 Å². The molecule has 0 saturated heterocycles. The minimum atomic E-state index is 1.15. The fourth-order valence-corrected chi connectivity index (χ4v) is 7.71. The maximum Gasteiger partial charge on any atom is 0.0562 e. The number of rotatable bonds is 5. The summed E-state index contributed by atoms with van der Waals surface area (Å²) < 4.78 is 4.85. The van der Waals surface area contributed by atoms with Crippen LogP contribution in [-0.2, 0) is 0 Å². The van der Waals surface area contributed by atoms with Crippen molar-refractivity contribution in [2.75, 3.05) is 0 Å². The molecule has 0 fully saturated rings. The van der Waals surface area contributed by atoms with Gasteiger partial charge in [-0.25, -0.2) is 0 Å². The summed E-state index contributed by atoms with van der Waals surface area (Å²) in [5.41, 5.74) is 14.4. The Morgan fingerprint density at radius 2 is 0.620 bits per heavy atom. The molecule has 0 aliphatic rings. The van der Waals surface area contributed by atoms with Crippen molar-refractivity contribution in [3.63, 3.8) is 0 Å². The Bertz CT molecular complexity index is 2810. The Morgan fingerprint density at radius 3 is 1.24 bits per heavy atom. The van der Waals surface area contributed by atoms with E-state index in [9.17, 15) is 0 Å². The smallest absolute Gasteiger partial charge is 0.0562 e. The van der Waals surface area contributed by atoms with Crippen LogP contribution in [0.1, 0.15) is 0 Å². The Hall–Kier alpha value is -6.64. The van der Waals surface area contributed by atoms with Crippen molar-refractivity contribution in [3.8, 4) is 44.8 Å². The molecule has 0 amide bonds. The van der Waals surface area contributed by atoms with Crippen molar-refractivity contribution in [2.24, 2.45) is 0 Å². The predicted octanol–water partition coefficient (Wildman–Crippen LogP) is 12.9. The van der Waals surface area contributed by atoms with E-state index in [1.165, 1.54) is 77.0 Å². The average Bonchev–Trinajstić information content (AvgIpc) is 3.69. The minimum Gasteiger partial charge on any atom is -0.309 e. The maximum absolute atomic E-state index is 2.43. The zero-order valence-corrected chi connectivity index (χ0v) is 27.4. The topological polar surface area (TPSA) is 9.86 Å². The number of hydrogen-bond donors (Lipinski definition) is 0. The number of hydrogen-bond acceptors (Lipinski definition) is 0. The number of nitrogens with zero attached hydrogens (tertiary/aromatic N) is 2. The summed E-state index contributed by atoms with van der Waals surface area (Å²) >= 11 is 0. The third-order valence-electron chi connectivity index (χ3n) is 10.1. The van der Waals surface area contributed by atoms with E-state index in [4.69, 9.17) is 0 Å². The fourth-order valence-electron chi connectivity index (χ4n) is 7.71. The fraction of sp³-hybridized carbons (Fsp3) is 0. The van der Waals surface area contributed by atoms with Crippen molar-refractivity contribution in [1.82, 2.24) is 9.13 Å². The summed E-state index contributed by atoms with van der Waals surface area (Å²) in [6, 6.07) is 70.4. The van der Waals surface area contributed by atoms with Crippen LogP contribution >= 0.6 is 0 Å². The molecule has 50 heavy (non-hydrogen) atoms. The summed E-state index contributed by atoms with van der Waals surface area (Å²) in [6.45, 7) is 0. The van der Waals surface area contributed by atoms with Gasteiger partial charge in [0.2, 0.25) is 0 Å². The number of benzene rings is 8. The molecular formula is C48H32N2. The molecule has 10 aromatic rings. The molecule has 0 N–H and O–H groups in total. The third-order valence-corrected chi connectivity index (χ3v) is 10.1. The van der Waals surface area contributed by atoms with E-state index in [0.29, 0.717) is 0 Å². The molecule has 0 aliphatic heterocycles. The predicted molar refractivity (Wildman–Crippen MR) is 211 cm³/mol. The molecule has 0 saturated carbocycles. The van der Waals surface area contributed by atoms with Gasteiger partial charge in [-0.15, -0.1) is 0 Å². The average molecular weight is 637 g/mol. The Morgan fingerprint density at radius 1 is 0.220 bits per heavy atom. The number of aromatic nitrogens is 2. The van der Waals surface area contributed by atoms with E-state index in [2.05, 4.69) is 203 Å². The van der Waals surface area contributed by atoms with Crippen molar-refractivity contribution in [1.29, 1.82) is 0 Å². The highest BCUT2D eigenvalue weighted by Crippen LogP contribution is 2.41. The number of fused-ring (bicyclic) bond motifs is 6. The van der Waals surface area contributed by atoms with Crippen molar-refractivity contribution in [3.05, 3.63) is 194 Å². The van der Waals surface area contributed by atoms with Crippen LogP contribution in [0.15, 0.2) is 194 Å². The maximum atomic E-state index is 2.43. The molecule has 0 spiro atoms.